The molecule has 0 atom stereocenters. The van der Waals surface area contributed by atoms with Crippen LogP contribution in [0.15, 0.2) is 28.7 Å². The molecule has 0 aliphatic heterocycles. The van der Waals surface area contributed by atoms with E-state index in [2.05, 4.69) is 15.9 Å². The van der Waals surface area contributed by atoms with E-state index in [0.717, 1.165) is 46.0 Å². The third-order valence-electron chi connectivity index (χ3n) is 4.78. The fourth-order valence-electron chi connectivity index (χ4n) is 3.50. The van der Waals surface area contributed by atoms with Gasteiger partial charge in [0.05, 0.1) is 28.4 Å². The van der Waals surface area contributed by atoms with Crippen LogP contribution in [0.5, 0.6) is 28.7 Å². The van der Waals surface area contributed by atoms with Gasteiger partial charge in [0.1, 0.15) is 0 Å². The molecule has 0 spiro atoms. The Labute approximate surface area is 167 Å². The molecule has 27 heavy (non-hydrogen) atoms. The molecule has 144 valence electrons. The summed E-state index contributed by atoms with van der Waals surface area (Å²) in [6.07, 6.45) is 2.55. The van der Waals surface area contributed by atoms with E-state index in [1.165, 1.54) is 0 Å². The maximum Gasteiger partial charge on any atom is 0.203 e. The van der Waals surface area contributed by atoms with Gasteiger partial charge in [-0.05, 0) is 54.2 Å². The molecule has 0 heterocycles. The molecule has 0 saturated heterocycles. The monoisotopic (exact) mass is 434 g/mol. The molecule has 1 aliphatic carbocycles. The Morgan fingerprint density at radius 2 is 1.48 bits per heavy atom. The van der Waals surface area contributed by atoms with E-state index < -0.39 is 0 Å². The summed E-state index contributed by atoms with van der Waals surface area (Å²) in [4.78, 5) is 0. The van der Waals surface area contributed by atoms with Gasteiger partial charge in [0.2, 0.25) is 5.75 Å². The second kappa shape index (κ2) is 8.13. The number of rotatable bonds is 5. The van der Waals surface area contributed by atoms with Crippen molar-refractivity contribution < 1.29 is 24.1 Å². The fourth-order valence-corrected chi connectivity index (χ4v) is 4.22. The summed E-state index contributed by atoms with van der Waals surface area (Å²) < 4.78 is 22.8. The van der Waals surface area contributed by atoms with Gasteiger partial charge in [-0.1, -0.05) is 22.0 Å². The number of fused-ring (bicyclic) bond motifs is 1. The summed E-state index contributed by atoms with van der Waals surface area (Å²) in [5.74, 6) is 2.40. The summed E-state index contributed by atoms with van der Waals surface area (Å²) >= 11 is 3.75. The van der Waals surface area contributed by atoms with Crippen LogP contribution in [0, 0.1) is 0 Å². The first-order valence-electron chi connectivity index (χ1n) is 8.63. The third kappa shape index (κ3) is 3.46. The number of allylic oxidation sites excluding steroid dienone is 1. The Hall–Kier alpha value is -2.34. The lowest BCUT2D eigenvalue weighted by molar-refractivity contribution is 0.324. The number of ether oxygens (including phenoxy) is 4. The van der Waals surface area contributed by atoms with Crippen LogP contribution >= 0.6 is 15.9 Å². The second-order valence-corrected chi connectivity index (χ2v) is 7.15. The fraction of sp³-hybridized carbons (Fsp3) is 0.333. The Bertz CT molecular complexity index is 863. The topological polar surface area (TPSA) is 57.2 Å². The zero-order valence-corrected chi connectivity index (χ0v) is 17.5. The number of hydrogen-bond donors (Lipinski definition) is 1. The van der Waals surface area contributed by atoms with Crippen molar-refractivity contribution in [3.05, 3.63) is 45.4 Å². The Morgan fingerprint density at radius 1 is 0.852 bits per heavy atom. The van der Waals surface area contributed by atoms with Crippen molar-refractivity contribution >= 4 is 21.5 Å². The average molecular weight is 435 g/mol. The van der Waals surface area contributed by atoms with Crippen LogP contribution in [0.1, 0.15) is 29.5 Å². The predicted molar refractivity (Wildman–Crippen MR) is 109 cm³/mol. The summed E-state index contributed by atoms with van der Waals surface area (Å²) in [6, 6.07) is 7.62. The van der Waals surface area contributed by atoms with Gasteiger partial charge < -0.3 is 24.1 Å². The van der Waals surface area contributed by atoms with Crippen LogP contribution in [-0.2, 0) is 6.42 Å². The van der Waals surface area contributed by atoms with Gasteiger partial charge >= 0.3 is 0 Å². The molecular weight excluding hydrogens is 412 g/mol. The van der Waals surface area contributed by atoms with Crippen LogP contribution < -0.4 is 18.9 Å². The molecule has 0 radical (unpaired) electrons. The standard InChI is InChI=1S/C21H23BrO5/c1-24-16-9-8-13-14(20(16)23)6-5-7-15(22)19(13)12-10-17(25-2)21(27-4)18(11-12)26-3/h8-11,23H,5-7H2,1-4H3. The zero-order valence-electron chi connectivity index (χ0n) is 15.9. The van der Waals surface area contributed by atoms with E-state index in [-0.39, 0.29) is 5.75 Å². The maximum atomic E-state index is 10.7. The Balaban J connectivity index is 2.27. The molecule has 2 aromatic carbocycles. The molecular formula is C21H23BrO5. The molecule has 2 aromatic rings. The van der Waals surface area contributed by atoms with E-state index in [4.69, 9.17) is 18.9 Å². The molecule has 0 fully saturated rings. The Morgan fingerprint density at radius 3 is 2.04 bits per heavy atom. The summed E-state index contributed by atoms with van der Waals surface area (Å²) in [5, 5.41) is 10.7. The highest BCUT2D eigenvalue weighted by Crippen LogP contribution is 2.47. The Kier molecular flexibility index (Phi) is 5.85. The number of hydrogen-bond acceptors (Lipinski definition) is 5. The second-order valence-electron chi connectivity index (χ2n) is 6.19. The highest BCUT2D eigenvalue weighted by Gasteiger charge is 2.24. The van der Waals surface area contributed by atoms with Gasteiger partial charge in [-0.15, -0.1) is 0 Å². The van der Waals surface area contributed by atoms with Crippen LogP contribution in [0.2, 0.25) is 0 Å². The summed E-state index contributed by atoms with van der Waals surface area (Å²) in [7, 11) is 6.34. The molecule has 1 aliphatic rings. The van der Waals surface area contributed by atoms with Crippen molar-refractivity contribution in [2.45, 2.75) is 19.3 Å². The van der Waals surface area contributed by atoms with Gasteiger partial charge in [-0.3, -0.25) is 0 Å². The van der Waals surface area contributed by atoms with Gasteiger partial charge in [0.25, 0.3) is 0 Å². The molecule has 0 aromatic heterocycles. The number of methoxy groups -OCH3 is 4. The molecule has 0 unspecified atom stereocenters. The smallest absolute Gasteiger partial charge is 0.203 e. The van der Waals surface area contributed by atoms with Gasteiger partial charge in [0, 0.05) is 10.0 Å². The first-order valence-corrected chi connectivity index (χ1v) is 9.43. The zero-order chi connectivity index (χ0) is 19.6. The quantitative estimate of drug-likeness (QED) is 0.723. The minimum absolute atomic E-state index is 0.196. The van der Waals surface area contributed by atoms with Crippen molar-refractivity contribution in [3.63, 3.8) is 0 Å². The first kappa shape index (κ1) is 19.4. The van der Waals surface area contributed by atoms with Crippen molar-refractivity contribution in [3.8, 4) is 28.7 Å². The number of halogens is 1. The number of phenolic OH excluding ortho intramolecular Hbond substituents is 1. The van der Waals surface area contributed by atoms with Crippen molar-refractivity contribution in [2.24, 2.45) is 0 Å². The number of aromatic hydroxyl groups is 1. The van der Waals surface area contributed by atoms with Crippen molar-refractivity contribution in [1.82, 2.24) is 0 Å². The number of phenols is 1. The first-order chi connectivity index (χ1) is 13.0. The normalized spacial score (nSPS) is 13.7. The van der Waals surface area contributed by atoms with Gasteiger partial charge in [0.15, 0.2) is 23.0 Å². The van der Waals surface area contributed by atoms with Gasteiger partial charge in [-0.2, -0.15) is 0 Å². The molecule has 5 nitrogen and oxygen atoms in total. The minimum Gasteiger partial charge on any atom is -0.504 e. The lowest BCUT2D eigenvalue weighted by Crippen LogP contribution is -2.00. The van der Waals surface area contributed by atoms with Crippen LogP contribution in [0.4, 0.5) is 0 Å². The van der Waals surface area contributed by atoms with Crippen LogP contribution in [0.3, 0.4) is 0 Å². The third-order valence-corrected chi connectivity index (χ3v) is 5.58. The molecule has 0 amide bonds. The molecule has 6 heteroatoms. The van der Waals surface area contributed by atoms with Gasteiger partial charge in [-0.25, -0.2) is 0 Å². The molecule has 3 rings (SSSR count). The average Bonchev–Trinajstić information content (AvgIpc) is 2.85. The molecule has 0 bridgehead atoms. The van der Waals surface area contributed by atoms with E-state index in [0.29, 0.717) is 23.0 Å². The van der Waals surface area contributed by atoms with E-state index in [1.807, 2.05) is 18.2 Å². The maximum absolute atomic E-state index is 10.7. The SMILES string of the molecule is COc1ccc2c(c1O)CCCC(Br)=C2c1cc(OC)c(OC)c(OC)c1. The van der Waals surface area contributed by atoms with Crippen LogP contribution in [0.25, 0.3) is 5.57 Å². The number of benzene rings is 2. The van der Waals surface area contributed by atoms with E-state index >= 15 is 0 Å². The predicted octanol–water partition coefficient (Wildman–Crippen LogP) is 4.92. The minimum atomic E-state index is 0.196. The molecule has 1 N–H and O–H groups in total. The molecule has 0 saturated carbocycles. The lowest BCUT2D eigenvalue weighted by atomic mass is 9.92. The largest absolute Gasteiger partial charge is 0.504 e. The lowest BCUT2D eigenvalue weighted by Gasteiger charge is -2.19. The van der Waals surface area contributed by atoms with Crippen molar-refractivity contribution in [1.29, 1.82) is 0 Å². The highest BCUT2D eigenvalue weighted by molar-refractivity contribution is 9.11. The van der Waals surface area contributed by atoms with E-state index in [1.54, 1.807) is 34.5 Å². The van der Waals surface area contributed by atoms with Crippen LogP contribution in [-0.4, -0.2) is 33.5 Å². The summed E-state index contributed by atoms with van der Waals surface area (Å²) in [5.41, 5.74) is 3.77. The van der Waals surface area contributed by atoms with Crippen molar-refractivity contribution in [2.75, 3.05) is 28.4 Å². The summed E-state index contributed by atoms with van der Waals surface area (Å²) in [6.45, 7) is 0. The van der Waals surface area contributed by atoms with E-state index in [9.17, 15) is 5.11 Å². The highest BCUT2D eigenvalue weighted by atomic mass is 79.9.